The molecule has 0 saturated carbocycles. The van der Waals surface area contributed by atoms with Gasteiger partial charge in [0, 0.05) is 36.8 Å². The van der Waals surface area contributed by atoms with Gasteiger partial charge in [-0.2, -0.15) is 0 Å². The van der Waals surface area contributed by atoms with E-state index in [-0.39, 0.29) is 23.9 Å². The summed E-state index contributed by atoms with van der Waals surface area (Å²) in [7, 11) is 0. The first-order valence-electron chi connectivity index (χ1n) is 11.7. The molecule has 1 saturated heterocycles. The number of carbonyl (C=O) groups is 2. The SMILES string of the molecule is Cc1nc(C(=O)N2CC(N)CCC2CNC(=O)c2cccc3cccnc23)c(-c2ccccc2)s1. The summed E-state index contributed by atoms with van der Waals surface area (Å²) in [6.07, 6.45) is 3.19. The Bertz CT molecular complexity index is 1370. The third-order valence-corrected chi connectivity index (χ3v) is 7.37. The first-order chi connectivity index (χ1) is 17.0. The first-order valence-corrected chi connectivity index (χ1v) is 12.5. The molecule has 1 aliphatic rings. The van der Waals surface area contributed by atoms with Crippen molar-refractivity contribution >= 4 is 34.1 Å². The Hall–Kier alpha value is -3.62. The van der Waals surface area contributed by atoms with E-state index < -0.39 is 0 Å². The van der Waals surface area contributed by atoms with Gasteiger partial charge in [-0.25, -0.2) is 4.98 Å². The number of piperidine rings is 1. The molecule has 0 spiro atoms. The lowest BCUT2D eigenvalue weighted by atomic mass is 9.97. The monoisotopic (exact) mass is 485 g/mol. The van der Waals surface area contributed by atoms with Crippen LogP contribution in [0.5, 0.6) is 0 Å². The van der Waals surface area contributed by atoms with Crippen molar-refractivity contribution in [3.8, 4) is 10.4 Å². The second-order valence-corrected chi connectivity index (χ2v) is 10.0. The minimum atomic E-state index is -0.203. The highest BCUT2D eigenvalue weighted by Crippen LogP contribution is 2.32. The largest absolute Gasteiger partial charge is 0.350 e. The Morgan fingerprint density at radius 3 is 2.71 bits per heavy atom. The molecule has 4 aromatic rings. The zero-order valence-corrected chi connectivity index (χ0v) is 20.3. The number of hydrogen-bond acceptors (Lipinski definition) is 6. The highest BCUT2D eigenvalue weighted by atomic mass is 32.1. The van der Waals surface area contributed by atoms with Crippen LogP contribution in [0.1, 0.15) is 38.7 Å². The maximum Gasteiger partial charge on any atom is 0.274 e. The van der Waals surface area contributed by atoms with E-state index in [4.69, 9.17) is 5.73 Å². The van der Waals surface area contributed by atoms with Gasteiger partial charge in [0.1, 0.15) is 5.69 Å². The third-order valence-electron chi connectivity index (χ3n) is 6.35. The van der Waals surface area contributed by atoms with Gasteiger partial charge < -0.3 is 16.0 Å². The zero-order chi connectivity index (χ0) is 24.4. The fraction of sp³-hybridized carbons (Fsp3) is 0.259. The number of rotatable bonds is 5. The van der Waals surface area contributed by atoms with Crippen molar-refractivity contribution in [2.75, 3.05) is 13.1 Å². The molecular formula is C27H27N5O2S. The smallest absolute Gasteiger partial charge is 0.274 e. The summed E-state index contributed by atoms with van der Waals surface area (Å²) < 4.78 is 0. The van der Waals surface area contributed by atoms with Gasteiger partial charge in [0.05, 0.1) is 21.0 Å². The molecule has 0 radical (unpaired) electrons. The van der Waals surface area contributed by atoms with Crippen molar-refractivity contribution in [1.29, 1.82) is 0 Å². The number of aryl methyl sites for hydroxylation is 1. The summed E-state index contributed by atoms with van der Waals surface area (Å²) >= 11 is 1.51. The summed E-state index contributed by atoms with van der Waals surface area (Å²) in [5.74, 6) is -0.347. The van der Waals surface area contributed by atoms with Gasteiger partial charge in [0.2, 0.25) is 0 Å². The number of fused-ring (bicyclic) bond motifs is 1. The van der Waals surface area contributed by atoms with Crippen LogP contribution in [0, 0.1) is 6.92 Å². The molecule has 3 heterocycles. The molecule has 2 atom stereocenters. The molecule has 2 unspecified atom stereocenters. The van der Waals surface area contributed by atoms with Crippen LogP contribution in [0.25, 0.3) is 21.3 Å². The minimum Gasteiger partial charge on any atom is -0.350 e. The Morgan fingerprint density at radius 1 is 1.09 bits per heavy atom. The summed E-state index contributed by atoms with van der Waals surface area (Å²) in [5.41, 5.74) is 8.86. The van der Waals surface area contributed by atoms with Crippen LogP contribution in [0.2, 0.25) is 0 Å². The summed E-state index contributed by atoms with van der Waals surface area (Å²) in [6, 6.07) is 18.9. The molecule has 1 aliphatic heterocycles. The first kappa shape index (κ1) is 23.1. The van der Waals surface area contributed by atoms with Crippen molar-refractivity contribution in [2.24, 2.45) is 5.73 Å². The molecule has 2 aromatic heterocycles. The number of amides is 2. The van der Waals surface area contributed by atoms with E-state index in [1.807, 2.05) is 61.5 Å². The predicted octanol–water partition coefficient (Wildman–Crippen LogP) is 4.03. The van der Waals surface area contributed by atoms with Crippen LogP contribution in [0.4, 0.5) is 0 Å². The molecule has 2 amide bonds. The van der Waals surface area contributed by atoms with Gasteiger partial charge in [-0.1, -0.05) is 48.5 Å². The maximum absolute atomic E-state index is 13.7. The molecule has 1 fully saturated rings. The highest BCUT2D eigenvalue weighted by molar-refractivity contribution is 7.15. The average Bonchev–Trinajstić information content (AvgIpc) is 3.29. The van der Waals surface area contributed by atoms with Gasteiger partial charge in [-0.15, -0.1) is 11.3 Å². The van der Waals surface area contributed by atoms with Gasteiger partial charge in [-0.05, 0) is 37.5 Å². The number of para-hydroxylation sites is 1. The lowest BCUT2D eigenvalue weighted by molar-refractivity contribution is 0.0574. The maximum atomic E-state index is 13.7. The summed E-state index contributed by atoms with van der Waals surface area (Å²) in [5, 5.41) is 4.78. The summed E-state index contributed by atoms with van der Waals surface area (Å²) in [6.45, 7) is 2.68. The normalized spacial score (nSPS) is 17.9. The summed E-state index contributed by atoms with van der Waals surface area (Å²) in [4.78, 5) is 38.4. The van der Waals surface area contributed by atoms with Crippen LogP contribution in [-0.4, -0.2) is 51.9 Å². The second-order valence-electron chi connectivity index (χ2n) is 8.82. The van der Waals surface area contributed by atoms with E-state index in [0.717, 1.165) is 27.3 Å². The van der Waals surface area contributed by atoms with Crippen molar-refractivity contribution in [3.63, 3.8) is 0 Å². The molecular weight excluding hydrogens is 458 g/mol. The predicted molar refractivity (Wildman–Crippen MR) is 138 cm³/mol. The average molecular weight is 486 g/mol. The molecule has 7 nitrogen and oxygen atoms in total. The van der Waals surface area contributed by atoms with Crippen LogP contribution >= 0.6 is 11.3 Å². The van der Waals surface area contributed by atoms with E-state index >= 15 is 0 Å². The van der Waals surface area contributed by atoms with E-state index in [0.29, 0.717) is 36.3 Å². The Morgan fingerprint density at radius 2 is 1.89 bits per heavy atom. The van der Waals surface area contributed by atoms with E-state index in [1.54, 1.807) is 17.2 Å². The van der Waals surface area contributed by atoms with Crippen LogP contribution < -0.4 is 11.1 Å². The minimum absolute atomic E-state index is 0.104. The molecule has 0 bridgehead atoms. The van der Waals surface area contributed by atoms with Crippen molar-refractivity contribution < 1.29 is 9.59 Å². The lowest BCUT2D eigenvalue weighted by Crippen LogP contribution is -2.55. The number of nitrogens with zero attached hydrogens (tertiary/aromatic N) is 3. The molecule has 2 aromatic carbocycles. The third kappa shape index (κ3) is 4.80. The molecule has 178 valence electrons. The standard InChI is InChI=1S/C27H27N5O2S/c1-17-31-24(25(35-17)19-7-3-2-4-8-19)27(34)32-16-20(28)12-13-21(32)15-30-26(33)22-11-5-9-18-10-6-14-29-23(18)22/h2-11,14,20-21H,12-13,15-16,28H2,1H3,(H,30,33). The van der Waals surface area contributed by atoms with Crippen molar-refractivity contribution in [3.05, 3.63) is 83.1 Å². The molecule has 8 heteroatoms. The number of aromatic nitrogens is 2. The van der Waals surface area contributed by atoms with Gasteiger partial charge in [0.15, 0.2) is 0 Å². The quantitative estimate of drug-likeness (QED) is 0.445. The van der Waals surface area contributed by atoms with Gasteiger partial charge in [0.25, 0.3) is 11.8 Å². The lowest BCUT2D eigenvalue weighted by Gasteiger charge is -2.38. The van der Waals surface area contributed by atoms with Gasteiger partial charge >= 0.3 is 0 Å². The second kappa shape index (κ2) is 9.93. The van der Waals surface area contributed by atoms with Crippen LogP contribution in [0.3, 0.4) is 0 Å². The van der Waals surface area contributed by atoms with Crippen molar-refractivity contribution in [1.82, 2.24) is 20.2 Å². The molecule has 3 N–H and O–H groups in total. The fourth-order valence-corrected chi connectivity index (χ4v) is 5.52. The Balaban J connectivity index is 1.37. The number of nitrogens with two attached hydrogens (primary N) is 1. The number of benzene rings is 2. The van der Waals surface area contributed by atoms with Crippen LogP contribution in [-0.2, 0) is 0 Å². The zero-order valence-electron chi connectivity index (χ0n) is 19.5. The molecule has 35 heavy (non-hydrogen) atoms. The van der Waals surface area contributed by atoms with E-state index in [1.165, 1.54) is 11.3 Å². The number of likely N-dealkylation sites (tertiary alicyclic amines) is 1. The number of hydrogen-bond donors (Lipinski definition) is 2. The molecule has 5 rings (SSSR count). The Labute approximate surface area is 208 Å². The number of thiazole rings is 1. The molecule has 0 aliphatic carbocycles. The highest BCUT2D eigenvalue weighted by Gasteiger charge is 2.33. The number of nitrogens with one attached hydrogen (secondary N) is 1. The van der Waals surface area contributed by atoms with E-state index in [2.05, 4.69) is 15.3 Å². The van der Waals surface area contributed by atoms with Crippen LogP contribution in [0.15, 0.2) is 66.9 Å². The Kier molecular flexibility index (Phi) is 6.57. The topological polar surface area (TPSA) is 101 Å². The van der Waals surface area contributed by atoms with E-state index in [9.17, 15) is 9.59 Å². The number of carbonyl (C=O) groups excluding carboxylic acids is 2. The fourth-order valence-electron chi connectivity index (χ4n) is 4.60. The van der Waals surface area contributed by atoms with Crippen molar-refractivity contribution in [2.45, 2.75) is 31.8 Å². The van der Waals surface area contributed by atoms with Gasteiger partial charge in [-0.3, -0.25) is 14.6 Å². The number of pyridine rings is 1.